The van der Waals surface area contributed by atoms with Crippen LogP contribution in [0.3, 0.4) is 0 Å². The Morgan fingerprint density at radius 1 is 0.490 bits per heavy atom. The molecule has 0 saturated carbocycles. The average molecular weight is 650 g/mol. The van der Waals surface area contributed by atoms with Gasteiger partial charge in [-0.15, -0.1) is 10.2 Å². The summed E-state index contributed by atoms with van der Waals surface area (Å²) in [7, 11) is -2.60. The molecule has 8 rings (SSSR count). The highest BCUT2D eigenvalue weighted by molar-refractivity contribution is 7.19. The van der Waals surface area contributed by atoms with Crippen molar-refractivity contribution in [2.24, 2.45) is 0 Å². The van der Waals surface area contributed by atoms with Gasteiger partial charge in [0.2, 0.25) is 11.8 Å². The molecule has 0 radical (unpaired) electrons. The number of allylic oxidation sites excluding steroid dienone is 2. The molecule has 0 amide bonds. The van der Waals surface area contributed by atoms with E-state index < -0.39 is 8.07 Å². The van der Waals surface area contributed by atoms with Gasteiger partial charge in [0, 0.05) is 22.5 Å². The molecule has 4 nitrogen and oxygen atoms in total. The smallest absolute Gasteiger partial charge is 0.248 e. The van der Waals surface area contributed by atoms with Gasteiger partial charge >= 0.3 is 0 Å². The molecule has 6 aromatic carbocycles. The summed E-state index contributed by atoms with van der Waals surface area (Å²) in [6.07, 6.45) is 7.35. The zero-order valence-corrected chi connectivity index (χ0v) is 28.0. The number of hydrogen-bond acceptors (Lipinski definition) is 4. The number of aromatic nitrogens is 2. The van der Waals surface area contributed by atoms with Gasteiger partial charge < -0.3 is 9.32 Å². The molecule has 1 unspecified atom stereocenters. The van der Waals surface area contributed by atoms with E-state index in [2.05, 4.69) is 209 Å². The summed E-state index contributed by atoms with van der Waals surface area (Å²) in [6.45, 7) is 0. The summed E-state index contributed by atoms with van der Waals surface area (Å²) >= 11 is 0. The lowest BCUT2D eigenvalue weighted by Crippen LogP contribution is -2.74. The summed E-state index contributed by atoms with van der Waals surface area (Å²) in [6, 6.07) is 62.8. The van der Waals surface area contributed by atoms with Crippen molar-refractivity contribution in [2.75, 3.05) is 4.90 Å². The second-order valence-corrected chi connectivity index (χ2v) is 16.0. The van der Waals surface area contributed by atoms with Crippen LogP contribution in [0.4, 0.5) is 11.4 Å². The molecule has 1 aliphatic carbocycles. The number of nitrogens with zero attached hydrogens (tertiary/aromatic N) is 3. The van der Waals surface area contributed by atoms with Crippen LogP contribution in [-0.4, -0.2) is 24.3 Å². The van der Waals surface area contributed by atoms with Crippen LogP contribution in [0.5, 0.6) is 0 Å². The third-order valence-electron chi connectivity index (χ3n) is 9.33. The first kappa shape index (κ1) is 30.3. The fourth-order valence-electron chi connectivity index (χ4n) is 7.05. The molecule has 1 heterocycles. The van der Waals surface area contributed by atoms with E-state index >= 15 is 0 Å². The molecule has 5 heteroatoms. The highest BCUT2D eigenvalue weighted by Gasteiger charge is 2.41. The van der Waals surface area contributed by atoms with Crippen molar-refractivity contribution in [2.45, 2.75) is 12.5 Å². The largest absolute Gasteiger partial charge is 0.416 e. The van der Waals surface area contributed by atoms with Crippen molar-refractivity contribution in [3.8, 4) is 11.5 Å². The SMILES string of the molecule is C1=CC(N(c2ccccc2)c2ccccc2)CC=C1c1nnc(-c2ccc([Si](c3ccccc3)(c3ccccc3)c3ccccc3)cc2)o1. The average Bonchev–Trinajstić information content (AvgIpc) is 3.69. The lowest BCUT2D eigenvalue weighted by atomic mass is 10.00. The van der Waals surface area contributed by atoms with Gasteiger partial charge in [-0.25, -0.2) is 0 Å². The Morgan fingerprint density at radius 2 is 0.918 bits per heavy atom. The summed E-state index contributed by atoms with van der Waals surface area (Å²) < 4.78 is 6.31. The highest BCUT2D eigenvalue weighted by Crippen LogP contribution is 2.33. The Bertz CT molecular complexity index is 2050. The van der Waals surface area contributed by atoms with Crippen LogP contribution in [0.25, 0.3) is 17.0 Å². The van der Waals surface area contributed by atoms with E-state index in [4.69, 9.17) is 4.42 Å². The normalized spacial score (nSPS) is 14.3. The predicted octanol–water partition coefficient (Wildman–Crippen LogP) is 7.66. The van der Waals surface area contributed by atoms with E-state index in [9.17, 15) is 0 Å². The van der Waals surface area contributed by atoms with Gasteiger partial charge in [0.1, 0.15) is 0 Å². The van der Waals surface area contributed by atoms with Crippen LogP contribution in [0, 0.1) is 0 Å². The number of para-hydroxylation sites is 2. The van der Waals surface area contributed by atoms with Gasteiger partial charge in [0.15, 0.2) is 8.07 Å². The van der Waals surface area contributed by atoms with Gasteiger partial charge in [-0.05, 0) is 63.6 Å². The minimum atomic E-state index is -2.60. The molecule has 236 valence electrons. The van der Waals surface area contributed by atoms with Crippen molar-refractivity contribution in [3.05, 3.63) is 200 Å². The minimum absolute atomic E-state index is 0.159. The quantitative estimate of drug-likeness (QED) is 0.119. The first-order valence-electron chi connectivity index (χ1n) is 16.7. The molecule has 0 bridgehead atoms. The second-order valence-electron chi connectivity index (χ2n) is 12.2. The first-order chi connectivity index (χ1) is 24.3. The van der Waals surface area contributed by atoms with Crippen LogP contribution in [0.2, 0.25) is 0 Å². The molecule has 1 aromatic heterocycles. The van der Waals surface area contributed by atoms with E-state index in [0.717, 1.165) is 28.9 Å². The van der Waals surface area contributed by atoms with E-state index in [1.807, 2.05) is 0 Å². The maximum absolute atomic E-state index is 6.31. The van der Waals surface area contributed by atoms with Gasteiger partial charge in [-0.3, -0.25) is 0 Å². The van der Waals surface area contributed by atoms with Gasteiger partial charge in [-0.1, -0.05) is 158 Å². The number of rotatable bonds is 9. The van der Waals surface area contributed by atoms with Crippen molar-refractivity contribution < 1.29 is 4.42 Å². The zero-order valence-electron chi connectivity index (χ0n) is 27.0. The first-order valence-corrected chi connectivity index (χ1v) is 18.7. The summed E-state index contributed by atoms with van der Waals surface area (Å²) in [5.74, 6) is 1.04. The van der Waals surface area contributed by atoms with Gasteiger partial charge in [0.05, 0.1) is 6.04 Å². The summed E-state index contributed by atoms with van der Waals surface area (Å²) in [5, 5.41) is 14.3. The van der Waals surface area contributed by atoms with Crippen LogP contribution in [0.1, 0.15) is 12.3 Å². The molecule has 0 N–H and O–H groups in total. The van der Waals surface area contributed by atoms with Crippen LogP contribution in [0.15, 0.2) is 199 Å². The Balaban J connectivity index is 1.09. The molecule has 1 atom stereocenters. The van der Waals surface area contributed by atoms with Crippen LogP contribution < -0.4 is 25.6 Å². The topological polar surface area (TPSA) is 42.2 Å². The van der Waals surface area contributed by atoms with E-state index in [-0.39, 0.29) is 6.04 Å². The Hall–Kier alpha value is -6.04. The fraction of sp³-hybridized carbons (Fsp3) is 0.0455. The van der Waals surface area contributed by atoms with E-state index in [0.29, 0.717) is 11.8 Å². The van der Waals surface area contributed by atoms with Crippen molar-refractivity contribution >= 4 is 45.8 Å². The molecule has 1 aliphatic rings. The molecule has 49 heavy (non-hydrogen) atoms. The van der Waals surface area contributed by atoms with Crippen LogP contribution in [-0.2, 0) is 0 Å². The number of hydrogen-bond donors (Lipinski definition) is 0. The molecular weight excluding hydrogens is 615 g/mol. The lowest BCUT2D eigenvalue weighted by molar-refractivity contribution is 0.553. The van der Waals surface area contributed by atoms with Crippen LogP contribution >= 0.6 is 0 Å². The second kappa shape index (κ2) is 13.6. The number of benzene rings is 6. The van der Waals surface area contributed by atoms with Gasteiger partial charge in [-0.2, -0.15) is 0 Å². The molecule has 0 fully saturated rings. The van der Waals surface area contributed by atoms with E-state index in [1.54, 1.807) is 0 Å². The molecular formula is C44H35N3OSi. The Labute approximate surface area is 288 Å². The molecule has 0 aliphatic heterocycles. The van der Waals surface area contributed by atoms with Gasteiger partial charge in [0.25, 0.3) is 0 Å². The van der Waals surface area contributed by atoms with E-state index in [1.165, 1.54) is 20.7 Å². The summed E-state index contributed by atoms with van der Waals surface area (Å²) in [5.41, 5.74) is 4.15. The molecule has 0 spiro atoms. The lowest BCUT2D eigenvalue weighted by Gasteiger charge is -2.34. The monoisotopic (exact) mass is 649 g/mol. The molecule has 0 saturated heterocycles. The minimum Gasteiger partial charge on any atom is -0.416 e. The standard InChI is InChI=1S/C44H35N3OSi/c1-6-16-36(17-7-1)47(37-18-8-2-9-19-37)38-30-26-34(27-31-38)43-45-46-44(48-43)35-28-32-42(33-29-35)49(39-20-10-3-11-21-39,40-22-12-4-13-23-40)41-24-14-5-15-25-41/h1-30,32-33,38H,31H2. The highest BCUT2D eigenvalue weighted by atomic mass is 28.3. The molecule has 7 aromatic rings. The maximum Gasteiger partial charge on any atom is 0.248 e. The van der Waals surface area contributed by atoms with Crippen molar-refractivity contribution in [3.63, 3.8) is 0 Å². The number of anilines is 2. The Morgan fingerprint density at radius 3 is 1.37 bits per heavy atom. The third-order valence-corrected chi connectivity index (χ3v) is 14.1. The van der Waals surface area contributed by atoms with Crippen molar-refractivity contribution in [1.29, 1.82) is 0 Å². The predicted molar refractivity (Wildman–Crippen MR) is 204 cm³/mol. The summed E-state index contributed by atoms with van der Waals surface area (Å²) in [4.78, 5) is 2.37. The fourth-order valence-corrected chi connectivity index (χ4v) is 11.8. The third kappa shape index (κ3) is 5.86. The van der Waals surface area contributed by atoms with Crippen molar-refractivity contribution in [1.82, 2.24) is 10.2 Å². The zero-order chi connectivity index (χ0) is 32.9. The Kier molecular flexibility index (Phi) is 8.41. The maximum atomic E-state index is 6.31.